The number of fused-ring (bicyclic) bond motifs is 6. The molecule has 3 aliphatic heterocycles. The number of hydrogen-bond donors (Lipinski definition) is 1. The van der Waals surface area contributed by atoms with Crippen LogP contribution in [0.25, 0.3) is 16.7 Å². The minimum absolute atomic E-state index is 0.144. The molecule has 3 heteroatoms. The van der Waals surface area contributed by atoms with E-state index in [4.69, 9.17) is 0 Å². The van der Waals surface area contributed by atoms with Crippen molar-refractivity contribution < 1.29 is 0 Å². The molecule has 4 aromatic rings. The lowest BCUT2D eigenvalue weighted by atomic mass is 9.87. The Morgan fingerprint density at radius 2 is 1.29 bits per heavy atom. The molecule has 3 heterocycles. The van der Waals surface area contributed by atoms with Crippen LogP contribution in [-0.2, 0) is 0 Å². The Balaban J connectivity index is 0.943. The number of nitrogens with zero attached hydrogens (tertiary/aromatic N) is 2. The van der Waals surface area contributed by atoms with E-state index in [0.29, 0.717) is 29.8 Å². The molecule has 1 N–H and O–H groups in total. The summed E-state index contributed by atoms with van der Waals surface area (Å²) in [5.74, 6) is 0.992. The van der Waals surface area contributed by atoms with Gasteiger partial charge >= 0.3 is 0 Å². The maximum Gasteiger partial charge on any atom is 0.100 e. The summed E-state index contributed by atoms with van der Waals surface area (Å²) in [4.78, 5) is 5.39. The number of rotatable bonds is 6. The third-order valence-corrected chi connectivity index (χ3v) is 13.1. The smallest absolute Gasteiger partial charge is 0.100 e. The lowest BCUT2D eigenvalue weighted by Crippen LogP contribution is -2.51. The first kappa shape index (κ1) is 33.3. The van der Waals surface area contributed by atoms with Crippen LogP contribution in [0.1, 0.15) is 65.7 Å². The van der Waals surface area contributed by atoms with Crippen molar-refractivity contribution in [2.24, 2.45) is 0 Å². The van der Waals surface area contributed by atoms with Gasteiger partial charge in [0.25, 0.3) is 0 Å². The molecule has 0 saturated carbocycles. The molecule has 7 atom stereocenters. The highest BCUT2D eigenvalue weighted by atomic mass is 15.3. The maximum atomic E-state index is 4.09. The highest BCUT2D eigenvalue weighted by molar-refractivity contribution is 5.80. The van der Waals surface area contributed by atoms with Gasteiger partial charge in [0.15, 0.2) is 0 Å². The van der Waals surface area contributed by atoms with Crippen LogP contribution in [0.15, 0.2) is 199 Å². The predicted octanol–water partition coefficient (Wildman–Crippen LogP) is 11.8. The summed E-state index contributed by atoms with van der Waals surface area (Å²) >= 11 is 0. The molecule has 3 nitrogen and oxygen atoms in total. The molecule has 0 fully saturated rings. The molecule has 0 bridgehead atoms. The zero-order valence-corrected chi connectivity index (χ0v) is 31.7. The van der Waals surface area contributed by atoms with Gasteiger partial charge < -0.3 is 15.1 Å². The SMILES string of the molecule is C1=CC2c3cc(-c4ccc5c(c4)N(C4CC(c6ccccc6)C=C(C6=CCCC=C6)N4)C4C=CC=CC54)ccc3N(C3C=CC(c4ccccc4)=CC3)C2C=C1. The fraction of sp³-hybridized carbons (Fsp3) is 0.208. The van der Waals surface area contributed by atoms with Crippen molar-refractivity contribution >= 4 is 16.9 Å². The molecule has 4 aromatic carbocycles. The normalized spacial score (nSPS) is 27.9. The predicted molar refractivity (Wildman–Crippen MR) is 234 cm³/mol. The van der Waals surface area contributed by atoms with Gasteiger partial charge in [0.05, 0.1) is 18.1 Å². The molecule has 0 amide bonds. The third-order valence-electron chi connectivity index (χ3n) is 13.1. The van der Waals surface area contributed by atoms with E-state index in [1.807, 2.05) is 0 Å². The van der Waals surface area contributed by atoms with E-state index in [0.717, 1.165) is 25.7 Å². The minimum atomic E-state index is 0.144. The number of benzene rings is 4. The van der Waals surface area contributed by atoms with E-state index in [1.165, 1.54) is 61.6 Å². The number of anilines is 2. The zero-order chi connectivity index (χ0) is 37.0. The molecule has 0 aromatic heterocycles. The van der Waals surface area contributed by atoms with Gasteiger partial charge in [0, 0.05) is 34.8 Å². The van der Waals surface area contributed by atoms with Gasteiger partial charge in [0.2, 0.25) is 0 Å². The van der Waals surface area contributed by atoms with Gasteiger partial charge in [-0.2, -0.15) is 0 Å². The van der Waals surface area contributed by atoms with Crippen LogP contribution in [0.2, 0.25) is 0 Å². The summed E-state index contributed by atoms with van der Waals surface area (Å²) in [5, 5.41) is 4.09. The van der Waals surface area contributed by atoms with E-state index in [1.54, 1.807) is 0 Å². The summed E-state index contributed by atoms with van der Waals surface area (Å²) in [6.07, 6.45) is 39.7. The van der Waals surface area contributed by atoms with Gasteiger partial charge in [-0.05, 0) is 88.4 Å². The van der Waals surface area contributed by atoms with Crippen molar-refractivity contribution in [1.29, 1.82) is 0 Å². The molecule has 7 unspecified atom stereocenters. The molecule has 0 saturated heterocycles. The molecule has 274 valence electrons. The molecule has 0 spiro atoms. The van der Waals surface area contributed by atoms with Crippen LogP contribution in [0.4, 0.5) is 11.4 Å². The Morgan fingerprint density at radius 1 is 0.554 bits per heavy atom. The van der Waals surface area contributed by atoms with E-state index in [-0.39, 0.29) is 12.2 Å². The summed E-state index contributed by atoms with van der Waals surface area (Å²) in [6.45, 7) is 0. The summed E-state index contributed by atoms with van der Waals surface area (Å²) in [5.41, 5.74) is 14.7. The Bertz CT molecular complexity index is 2450. The Kier molecular flexibility index (Phi) is 8.27. The lowest BCUT2D eigenvalue weighted by molar-refractivity contribution is 0.436. The van der Waals surface area contributed by atoms with Crippen molar-refractivity contribution in [2.45, 2.75) is 67.7 Å². The van der Waals surface area contributed by atoms with E-state index in [2.05, 4.69) is 203 Å². The number of nitrogens with one attached hydrogen (secondary N) is 1. The summed E-state index contributed by atoms with van der Waals surface area (Å²) < 4.78 is 0. The van der Waals surface area contributed by atoms with Crippen LogP contribution in [0, 0.1) is 0 Å². The monoisotopic (exact) mass is 725 g/mol. The molecule has 4 aliphatic carbocycles. The van der Waals surface area contributed by atoms with Gasteiger partial charge in [-0.25, -0.2) is 0 Å². The largest absolute Gasteiger partial charge is 0.365 e. The average molecular weight is 726 g/mol. The van der Waals surface area contributed by atoms with Crippen LogP contribution >= 0.6 is 0 Å². The van der Waals surface area contributed by atoms with Crippen molar-refractivity contribution in [3.63, 3.8) is 0 Å². The standard InChI is InChI=1S/C53H47N3/c1-4-14-36(15-5-1)38-24-28-43(29-25-38)55-49-22-12-11-21-45(49)47-32-40(27-31-51(47)55)41-26-30-46-44-20-10-13-23-50(44)56(52(46)34-41)53-35-42(37-16-6-2-7-17-37)33-48(54-53)39-18-8-3-9-19-39/h1-2,4-8,10-28,30-34,42-45,49-50,53-54H,3,9,29,35H2. The van der Waals surface area contributed by atoms with Gasteiger partial charge in [-0.15, -0.1) is 0 Å². The highest BCUT2D eigenvalue weighted by Gasteiger charge is 2.43. The van der Waals surface area contributed by atoms with Crippen molar-refractivity contribution in [3.8, 4) is 11.1 Å². The van der Waals surface area contributed by atoms with Crippen LogP contribution in [0.3, 0.4) is 0 Å². The van der Waals surface area contributed by atoms with E-state index >= 15 is 0 Å². The van der Waals surface area contributed by atoms with Crippen LogP contribution < -0.4 is 15.1 Å². The van der Waals surface area contributed by atoms with Crippen molar-refractivity contribution in [2.75, 3.05) is 9.80 Å². The fourth-order valence-corrected chi connectivity index (χ4v) is 10.4. The topological polar surface area (TPSA) is 18.5 Å². The lowest BCUT2D eigenvalue weighted by Gasteiger charge is -2.42. The average Bonchev–Trinajstić information content (AvgIpc) is 3.79. The number of allylic oxidation sites excluding steroid dienone is 10. The second-order valence-corrected chi connectivity index (χ2v) is 16.3. The summed E-state index contributed by atoms with van der Waals surface area (Å²) in [7, 11) is 0. The van der Waals surface area contributed by atoms with Gasteiger partial charge in [-0.1, -0.05) is 170 Å². The van der Waals surface area contributed by atoms with E-state index < -0.39 is 0 Å². The molecule has 56 heavy (non-hydrogen) atoms. The molecule has 11 rings (SSSR count). The molecular weight excluding hydrogens is 679 g/mol. The Morgan fingerprint density at radius 3 is 2.05 bits per heavy atom. The summed E-state index contributed by atoms with van der Waals surface area (Å²) in [6, 6.07) is 37.3. The van der Waals surface area contributed by atoms with Gasteiger partial charge in [0.1, 0.15) is 6.17 Å². The molecule has 0 radical (unpaired) electrons. The molecule has 7 aliphatic rings. The maximum absolute atomic E-state index is 4.09. The quantitative estimate of drug-likeness (QED) is 0.214. The van der Waals surface area contributed by atoms with Crippen molar-refractivity contribution in [3.05, 3.63) is 222 Å². The first-order valence-corrected chi connectivity index (χ1v) is 20.7. The zero-order valence-electron chi connectivity index (χ0n) is 31.7. The van der Waals surface area contributed by atoms with Crippen molar-refractivity contribution in [1.82, 2.24) is 5.32 Å². The Labute approximate surface area is 331 Å². The minimum Gasteiger partial charge on any atom is -0.365 e. The third kappa shape index (κ3) is 5.72. The van der Waals surface area contributed by atoms with Crippen LogP contribution in [-0.4, -0.2) is 24.3 Å². The second kappa shape index (κ2) is 13.9. The fourth-order valence-electron chi connectivity index (χ4n) is 10.4. The molecular formula is C53H47N3. The van der Waals surface area contributed by atoms with Gasteiger partial charge in [-0.3, -0.25) is 0 Å². The first-order chi connectivity index (χ1) is 27.8. The number of hydrogen-bond acceptors (Lipinski definition) is 3. The van der Waals surface area contributed by atoms with E-state index in [9.17, 15) is 0 Å². The first-order valence-electron chi connectivity index (χ1n) is 20.7. The Hall–Kier alpha value is -6.06. The van der Waals surface area contributed by atoms with Crippen LogP contribution in [0.5, 0.6) is 0 Å². The second-order valence-electron chi connectivity index (χ2n) is 16.3. The highest BCUT2D eigenvalue weighted by Crippen LogP contribution is 2.50.